The van der Waals surface area contributed by atoms with Crippen molar-refractivity contribution in [2.45, 2.75) is 12.5 Å². The zero-order chi connectivity index (χ0) is 11.7. The highest BCUT2D eigenvalue weighted by molar-refractivity contribution is 5.93. The summed E-state index contributed by atoms with van der Waals surface area (Å²) < 4.78 is 0. The molecule has 7 heteroatoms. The second kappa shape index (κ2) is 3.93. The van der Waals surface area contributed by atoms with Crippen LogP contribution < -0.4 is 0 Å². The fourth-order valence-electron chi connectivity index (χ4n) is 1.71. The molecule has 1 unspecified atom stereocenters. The lowest BCUT2D eigenvalue weighted by atomic mass is 10.3. The van der Waals surface area contributed by atoms with Crippen LogP contribution in [0.3, 0.4) is 0 Å². The van der Waals surface area contributed by atoms with Crippen LogP contribution in [0, 0.1) is 10.1 Å². The summed E-state index contributed by atoms with van der Waals surface area (Å²) in [5.41, 5.74) is 0.0453. The predicted octanol–water partition coefficient (Wildman–Crippen LogP) is 0.130. The van der Waals surface area contributed by atoms with Gasteiger partial charge in [0.1, 0.15) is 5.69 Å². The molecule has 2 N–H and O–H groups in total. The monoisotopic (exact) mass is 225 g/mol. The standard InChI is InChI=1S/C9H11N3O4/c13-7-1-2-11(5-7)9(14)8-3-6(4-10-8)12(15)16/h3-4,7,10,13H,1-2,5H2. The maximum Gasteiger partial charge on any atom is 0.287 e. The molecular formula is C9H11N3O4. The number of hydrogen-bond donors (Lipinski definition) is 2. The van der Waals surface area contributed by atoms with Crippen LogP contribution in [0.2, 0.25) is 0 Å². The van der Waals surface area contributed by atoms with E-state index in [9.17, 15) is 20.0 Å². The van der Waals surface area contributed by atoms with Gasteiger partial charge in [0.05, 0.1) is 17.2 Å². The van der Waals surface area contributed by atoms with E-state index in [2.05, 4.69) is 4.98 Å². The molecule has 16 heavy (non-hydrogen) atoms. The highest BCUT2D eigenvalue weighted by atomic mass is 16.6. The summed E-state index contributed by atoms with van der Waals surface area (Å²) in [6.45, 7) is 0.762. The third-order valence-electron chi connectivity index (χ3n) is 2.56. The molecule has 1 amide bonds. The van der Waals surface area contributed by atoms with Crippen molar-refractivity contribution >= 4 is 11.6 Å². The van der Waals surface area contributed by atoms with Gasteiger partial charge in [0.2, 0.25) is 0 Å². The van der Waals surface area contributed by atoms with Gasteiger partial charge in [-0.3, -0.25) is 14.9 Å². The molecule has 0 spiro atoms. The number of H-pyrrole nitrogens is 1. The van der Waals surface area contributed by atoms with Gasteiger partial charge in [-0.05, 0) is 6.42 Å². The molecular weight excluding hydrogens is 214 g/mol. The molecule has 0 bridgehead atoms. The van der Waals surface area contributed by atoms with E-state index < -0.39 is 11.0 Å². The number of aliphatic hydroxyl groups is 1. The maximum absolute atomic E-state index is 11.8. The van der Waals surface area contributed by atoms with E-state index in [-0.39, 0.29) is 23.8 Å². The van der Waals surface area contributed by atoms with Gasteiger partial charge in [-0.15, -0.1) is 0 Å². The van der Waals surface area contributed by atoms with E-state index >= 15 is 0 Å². The first-order valence-electron chi connectivity index (χ1n) is 4.88. The van der Waals surface area contributed by atoms with Crippen molar-refractivity contribution in [3.05, 3.63) is 28.1 Å². The molecule has 1 aromatic heterocycles. The molecule has 1 aliphatic rings. The highest BCUT2D eigenvalue weighted by Gasteiger charge is 2.27. The predicted molar refractivity (Wildman–Crippen MR) is 54.0 cm³/mol. The van der Waals surface area contributed by atoms with Gasteiger partial charge < -0.3 is 15.0 Å². The lowest BCUT2D eigenvalue weighted by Crippen LogP contribution is -2.29. The van der Waals surface area contributed by atoms with Crippen LogP contribution in [0.25, 0.3) is 0 Å². The lowest BCUT2D eigenvalue weighted by molar-refractivity contribution is -0.384. The van der Waals surface area contributed by atoms with Crippen molar-refractivity contribution in [2.75, 3.05) is 13.1 Å². The van der Waals surface area contributed by atoms with Gasteiger partial charge >= 0.3 is 0 Å². The highest BCUT2D eigenvalue weighted by Crippen LogP contribution is 2.16. The zero-order valence-electron chi connectivity index (χ0n) is 8.42. The number of hydrogen-bond acceptors (Lipinski definition) is 4. The first-order chi connectivity index (χ1) is 7.58. The number of carbonyl (C=O) groups is 1. The van der Waals surface area contributed by atoms with Crippen LogP contribution in [0.4, 0.5) is 5.69 Å². The summed E-state index contributed by atoms with van der Waals surface area (Å²) in [4.78, 5) is 25.7. The molecule has 1 fully saturated rings. The van der Waals surface area contributed by atoms with Crippen LogP contribution >= 0.6 is 0 Å². The summed E-state index contributed by atoms with van der Waals surface area (Å²) in [6.07, 6.45) is 1.24. The Hall–Kier alpha value is -1.89. The fraction of sp³-hybridized carbons (Fsp3) is 0.444. The van der Waals surface area contributed by atoms with Crippen molar-refractivity contribution in [3.63, 3.8) is 0 Å². The number of aromatic amines is 1. The summed E-state index contributed by atoms with van der Waals surface area (Å²) in [5, 5.41) is 19.7. The number of aromatic nitrogens is 1. The summed E-state index contributed by atoms with van der Waals surface area (Å²) in [5.74, 6) is -0.315. The third kappa shape index (κ3) is 1.89. The number of rotatable bonds is 2. The SMILES string of the molecule is O=C(c1cc([N+](=O)[O-])c[nH]1)N1CCC(O)C1. The molecule has 0 saturated carbocycles. The Balaban J connectivity index is 2.11. The number of nitrogens with zero attached hydrogens (tertiary/aromatic N) is 2. The average Bonchev–Trinajstić information content (AvgIpc) is 2.84. The minimum Gasteiger partial charge on any atom is -0.391 e. The molecule has 1 saturated heterocycles. The number of nitro groups is 1. The molecule has 2 heterocycles. The molecule has 0 radical (unpaired) electrons. The molecule has 86 valence electrons. The minimum atomic E-state index is -0.563. The topological polar surface area (TPSA) is 99.5 Å². The second-order valence-electron chi connectivity index (χ2n) is 3.72. The van der Waals surface area contributed by atoms with Crippen LogP contribution in [0.1, 0.15) is 16.9 Å². The molecule has 0 aromatic carbocycles. The van der Waals surface area contributed by atoms with Gasteiger partial charge in [0.15, 0.2) is 0 Å². The summed E-state index contributed by atoms with van der Waals surface area (Å²) in [7, 11) is 0. The molecule has 1 aromatic rings. The van der Waals surface area contributed by atoms with Crippen molar-refractivity contribution in [1.29, 1.82) is 0 Å². The third-order valence-corrected chi connectivity index (χ3v) is 2.56. The first-order valence-corrected chi connectivity index (χ1v) is 4.88. The van der Waals surface area contributed by atoms with E-state index in [1.54, 1.807) is 0 Å². The molecule has 0 aliphatic carbocycles. The Morgan fingerprint density at radius 3 is 2.94 bits per heavy atom. The molecule has 2 rings (SSSR count). The molecule has 1 atom stereocenters. The van der Waals surface area contributed by atoms with Crippen LogP contribution in [0.5, 0.6) is 0 Å². The van der Waals surface area contributed by atoms with Crippen LogP contribution in [0.15, 0.2) is 12.3 Å². The van der Waals surface area contributed by atoms with E-state index in [1.165, 1.54) is 17.2 Å². The lowest BCUT2D eigenvalue weighted by Gasteiger charge is -2.13. The molecule has 1 aliphatic heterocycles. The van der Waals surface area contributed by atoms with Gasteiger partial charge in [-0.1, -0.05) is 0 Å². The van der Waals surface area contributed by atoms with E-state index in [0.29, 0.717) is 13.0 Å². The number of likely N-dealkylation sites (tertiary alicyclic amines) is 1. The zero-order valence-corrected chi connectivity index (χ0v) is 8.42. The number of nitrogens with one attached hydrogen (secondary N) is 1. The Kier molecular flexibility index (Phi) is 2.61. The largest absolute Gasteiger partial charge is 0.391 e. The van der Waals surface area contributed by atoms with Gasteiger partial charge in [0.25, 0.3) is 11.6 Å². The maximum atomic E-state index is 11.8. The van der Waals surface area contributed by atoms with Gasteiger partial charge in [-0.25, -0.2) is 0 Å². The van der Waals surface area contributed by atoms with Crippen molar-refractivity contribution in [3.8, 4) is 0 Å². The Bertz CT molecular complexity index is 428. The Morgan fingerprint density at radius 2 is 2.44 bits per heavy atom. The smallest absolute Gasteiger partial charge is 0.287 e. The van der Waals surface area contributed by atoms with Crippen LogP contribution in [-0.4, -0.2) is 45.0 Å². The Morgan fingerprint density at radius 1 is 1.69 bits per heavy atom. The number of amides is 1. The van der Waals surface area contributed by atoms with E-state index in [1.807, 2.05) is 0 Å². The van der Waals surface area contributed by atoms with E-state index in [0.717, 1.165) is 0 Å². The number of aliphatic hydroxyl groups excluding tert-OH is 1. The van der Waals surface area contributed by atoms with Crippen LogP contribution in [-0.2, 0) is 0 Å². The number of β-amino-alcohol motifs (C(OH)–C–C–N with tert-alkyl or cyclic N) is 1. The molecule has 7 nitrogen and oxygen atoms in total. The minimum absolute atomic E-state index is 0.136. The fourth-order valence-corrected chi connectivity index (χ4v) is 1.71. The van der Waals surface area contributed by atoms with E-state index in [4.69, 9.17) is 0 Å². The quantitative estimate of drug-likeness (QED) is 0.552. The second-order valence-corrected chi connectivity index (χ2v) is 3.72. The first kappa shape index (κ1) is 10.6. The van der Waals surface area contributed by atoms with Crippen molar-refractivity contribution in [2.24, 2.45) is 0 Å². The summed E-state index contributed by atoms with van der Waals surface area (Å²) in [6, 6.07) is 1.20. The summed E-state index contributed by atoms with van der Waals surface area (Å²) >= 11 is 0. The van der Waals surface area contributed by atoms with Crippen molar-refractivity contribution < 1.29 is 14.8 Å². The average molecular weight is 225 g/mol. The van der Waals surface area contributed by atoms with Gasteiger partial charge in [0, 0.05) is 19.2 Å². The van der Waals surface area contributed by atoms with Crippen molar-refractivity contribution in [1.82, 2.24) is 9.88 Å². The Labute approximate surface area is 90.8 Å². The normalized spacial score (nSPS) is 20.1. The van der Waals surface area contributed by atoms with Gasteiger partial charge in [-0.2, -0.15) is 0 Å². The number of carbonyl (C=O) groups excluding carboxylic acids is 1.